The molecule has 0 aliphatic heterocycles. The average Bonchev–Trinajstić information content (AvgIpc) is 2.28. The number of hydrogen-bond donors (Lipinski definition) is 1. The first-order valence-corrected chi connectivity index (χ1v) is 7.00. The summed E-state index contributed by atoms with van der Waals surface area (Å²) in [5.74, 6) is 0.863. The third-order valence-electron chi connectivity index (χ3n) is 3.23. The van der Waals surface area contributed by atoms with Gasteiger partial charge < -0.3 is 10.5 Å². The molecule has 0 saturated carbocycles. The number of ether oxygens (including phenoxy) is 1. The Hall–Kier alpha value is -0.870. The van der Waals surface area contributed by atoms with E-state index in [4.69, 9.17) is 10.5 Å². The van der Waals surface area contributed by atoms with Crippen LogP contribution in [0.4, 0.5) is 0 Å². The molecule has 0 spiro atoms. The van der Waals surface area contributed by atoms with E-state index in [9.17, 15) is 4.21 Å². The maximum absolute atomic E-state index is 11.5. The maximum Gasteiger partial charge on any atom is 0.119 e. The smallest absolute Gasteiger partial charge is 0.119 e. The molecule has 2 N–H and O–H groups in total. The van der Waals surface area contributed by atoms with Crippen LogP contribution < -0.4 is 10.5 Å². The van der Waals surface area contributed by atoms with Gasteiger partial charge in [0.05, 0.1) is 12.4 Å². The van der Waals surface area contributed by atoms with E-state index in [-0.39, 0.29) is 11.3 Å². The SMILES string of the molecule is COc1ccc2c(c1)CCC(S(C)=O)C2N. The van der Waals surface area contributed by atoms with Crippen LogP contribution in [-0.4, -0.2) is 22.8 Å². The Kier molecular flexibility index (Phi) is 3.30. The van der Waals surface area contributed by atoms with Gasteiger partial charge in [-0.05, 0) is 36.1 Å². The molecular weight excluding hydrogens is 222 g/mol. The lowest BCUT2D eigenvalue weighted by atomic mass is 9.87. The molecule has 0 fully saturated rings. The van der Waals surface area contributed by atoms with Crippen molar-refractivity contribution < 1.29 is 8.95 Å². The van der Waals surface area contributed by atoms with E-state index >= 15 is 0 Å². The summed E-state index contributed by atoms with van der Waals surface area (Å²) in [7, 11) is 0.808. The van der Waals surface area contributed by atoms with E-state index < -0.39 is 10.8 Å². The summed E-state index contributed by atoms with van der Waals surface area (Å²) >= 11 is 0. The lowest BCUT2D eigenvalue weighted by Crippen LogP contribution is -2.34. The Labute approximate surface area is 98.4 Å². The number of benzene rings is 1. The van der Waals surface area contributed by atoms with Crippen molar-refractivity contribution in [3.63, 3.8) is 0 Å². The third kappa shape index (κ3) is 1.99. The van der Waals surface area contributed by atoms with E-state index in [1.807, 2.05) is 18.2 Å². The van der Waals surface area contributed by atoms with Gasteiger partial charge in [-0.1, -0.05) is 6.07 Å². The van der Waals surface area contributed by atoms with Gasteiger partial charge >= 0.3 is 0 Å². The van der Waals surface area contributed by atoms with Gasteiger partial charge in [0.15, 0.2) is 0 Å². The van der Waals surface area contributed by atoms with Gasteiger partial charge in [-0.15, -0.1) is 0 Å². The zero-order valence-corrected chi connectivity index (χ0v) is 10.4. The fourth-order valence-corrected chi connectivity index (χ4v) is 3.31. The highest BCUT2D eigenvalue weighted by molar-refractivity contribution is 7.84. The lowest BCUT2D eigenvalue weighted by Gasteiger charge is -2.29. The lowest BCUT2D eigenvalue weighted by molar-refractivity contribution is 0.413. The molecule has 0 saturated heterocycles. The van der Waals surface area contributed by atoms with Gasteiger partial charge in [0.2, 0.25) is 0 Å². The highest BCUT2D eigenvalue weighted by Gasteiger charge is 2.29. The summed E-state index contributed by atoms with van der Waals surface area (Å²) in [6, 6.07) is 5.84. The van der Waals surface area contributed by atoms with E-state index in [0.717, 1.165) is 24.2 Å². The molecule has 3 unspecified atom stereocenters. The van der Waals surface area contributed by atoms with Crippen LogP contribution in [0.3, 0.4) is 0 Å². The Morgan fingerprint density at radius 3 is 2.88 bits per heavy atom. The fourth-order valence-electron chi connectivity index (χ4n) is 2.30. The van der Waals surface area contributed by atoms with Crippen LogP contribution in [0.5, 0.6) is 5.75 Å². The van der Waals surface area contributed by atoms with Gasteiger partial charge in [-0.3, -0.25) is 4.21 Å². The third-order valence-corrected chi connectivity index (χ3v) is 4.62. The van der Waals surface area contributed by atoms with Crippen LogP contribution in [0.2, 0.25) is 0 Å². The number of nitrogens with two attached hydrogens (primary N) is 1. The van der Waals surface area contributed by atoms with Crippen molar-refractivity contribution in [2.45, 2.75) is 24.1 Å². The van der Waals surface area contributed by atoms with Crippen molar-refractivity contribution >= 4 is 10.8 Å². The highest BCUT2D eigenvalue weighted by Crippen LogP contribution is 2.32. The van der Waals surface area contributed by atoms with Gasteiger partial charge in [-0.25, -0.2) is 0 Å². The van der Waals surface area contributed by atoms with Crippen LogP contribution in [0.15, 0.2) is 18.2 Å². The minimum Gasteiger partial charge on any atom is -0.497 e. The van der Waals surface area contributed by atoms with Crippen LogP contribution in [-0.2, 0) is 17.2 Å². The Balaban J connectivity index is 2.35. The predicted molar refractivity (Wildman–Crippen MR) is 66.1 cm³/mol. The number of methoxy groups -OCH3 is 1. The summed E-state index contributed by atoms with van der Waals surface area (Å²) in [6.45, 7) is 0. The molecule has 16 heavy (non-hydrogen) atoms. The molecule has 1 aliphatic carbocycles. The standard InChI is InChI=1S/C12H17NO2S/c1-15-9-4-5-10-8(7-9)3-6-11(12(10)13)16(2)14/h4-5,7,11-12H,3,6,13H2,1-2H3. The van der Waals surface area contributed by atoms with Gasteiger partial charge in [-0.2, -0.15) is 0 Å². The monoisotopic (exact) mass is 239 g/mol. The summed E-state index contributed by atoms with van der Waals surface area (Å²) in [5.41, 5.74) is 8.50. The summed E-state index contributed by atoms with van der Waals surface area (Å²) in [6.07, 6.45) is 3.56. The van der Waals surface area contributed by atoms with Crippen molar-refractivity contribution in [2.24, 2.45) is 5.73 Å². The van der Waals surface area contributed by atoms with Crippen LogP contribution >= 0.6 is 0 Å². The first kappa shape index (κ1) is 11.6. The van der Waals surface area contributed by atoms with E-state index in [1.54, 1.807) is 13.4 Å². The number of fused-ring (bicyclic) bond motifs is 1. The molecule has 0 bridgehead atoms. The van der Waals surface area contributed by atoms with Gasteiger partial charge in [0.1, 0.15) is 5.75 Å². The molecule has 0 amide bonds. The van der Waals surface area contributed by atoms with Crippen LogP contribution in [0, 0.1) is 0 Å². The molecule has 3 nitrogen and oxygen atoms in total. The van der Waals surface area contributed by atoms with Crippen molar-refractivity contribution in [3.05, 3.63) is 29.3 Å². The molecule has 0 radical (unpaired) electrons. The van der Waals surface area contributed by atoms with Crippen molar-refractivity contribution in [3.8, 4) is 5.75 Å². The first-order chi connectivity index (χ1) is 7.63. The number of hydrogen-bond acceptors (Lipinski definition) is 3. The minimum atomic E-state index is -0.853. The minimum absolute atomic E-state index is 0.0842. The topological polar surface area (TPSA) is 52.3 Å². The second kappa shape index (κ2) is 4.55. The van der Waals surface area contributed by atoms with Crippen molar-refractivity contribution in [1.82, 2.24) is 0 Å². The molecule has 1 aromatic rings. The quantitative estimate of drug-likeness (QED) is 0.848. The normalized spacial score (nSPS) is 25.9. The van der Waals surface area contributed by atoms with Gasteiger partial charge in [0.25, 0.3) is 0 Å². The molecular formula is C12H17NO2S. The average molecular weight is 239 g/mol. The van der Waals surface area contributed by atoms with E-state index in [1.165, 1.54) is 5.56 Å². The molecule has 1 aromatic carbocycles. The van der Waals surface area contributed by atoms with Crippen LogP contribution in [0.1, 0.15) is 23.6 Å². The van der Waals surface area contributed by atoms with Crippen molar-refractivity contribution in [2.75, 3.05) is 13.4 Å². The molecule has 2 rings (SSSR count). The zero-order valence-electron chi connectivity index (χ0n) is 9.60. The Morgan fingerprint density at radius 2 is 2.25 bits per heavy atom. The van der Waals surface area contributed by atoms with E-state index in [2.05, 4.69) is 0 Å². The van der Waals surface area contributed by atoms with Crippen LogP contribution in [0.25, 0.3) is 0 Å². The second-order valence-corrected chi connectivity index (χ2v) is 5.77. The summed E-state index contributed by atoms with van der Waals surface area (Å²) < 4.78 is 16.7. The molecule has 0 aromatic heterocycles. The van der Waals surface area contributed by atoms with Gasteiger partial charge in [0, 0.05) is 23.1 Å². The second-order valence-electron chi connectivity index (χ2n) is 4.17. The molecule has 1 aliphatic rings. The van der Waals surface area contributed by atoms with E-state index in [0.29, 0.717) is 0 Å². The molecule has 0 heterocycles. The largest absolute Gasteiger partial charge is 0.497 e. The molecule has 4 heteroatoms. The highest BCUT2D eigenvalue weighted by atomic mass is 32.2. The number of aryl methyl sites for hydroxylation is 1. The summed E-state index contributed by atoms with van der Waals surface area (Å²) in [5, 5.41) is 0.0842. The zero-order chi connectivity index (χ0) is 11.7. The Bertz CT molecular complexity index is 419. The maximum atomic E-state index is 11.5. The molecule has 88 valence electrons. The fraction of sp³-hybridized carbons (Fsp3) is 0.500. The first-order valence-electron chi connectivity index (χ1n) is 5.38. The summed E-state index contributed by atoms with van der Waals surface area (Å²) in [4.78, 5) is 0. The number of rotatable bonds is 2. The van der Waals surface area contributed by atoms with Crippen molar-refractivity contribution in [1.29, 1.82) is 0 Å². The Morgan fingerprint density at radius 1 is 1.50 bits per heavy atom. The molecule has 3 atom stereocenters. The predicted octanol–water partition coefficient (Wildman–Crippen LogP) is 1.39.